The molecule has 21 heavy (non-hydrogen) atoms. The molecule has 0 saturated carbocycles. The van der Waals surface area contributed by atoms with Crippen LogP contribution in [0.4, 0.5) is 10.2 Å². The van der Waals surface area contributed by atoms with Gasteiger partial charge in [0.25, 0.3) is 0 Å². The van der Waals surface area contributed by atoms with Crippen molar-refractivity contribution >= 4 is 17.4 Å². The van der Waals surface area contributed by atoms with Crippen LogP contribution in [0.15, 0.2) is 30.5 Å². The molecule has 0 atom stereocenters. The number of rotatable bonds is 2. The minimum atomic E-state index is -0.398. The summed E-state index contributed by atoms with van der Waals surface area (Å²) in [5.41, 5.74) is 8.68. The Morgan fingerprint density at radius 1 is 1.19 bits per heavy atom. The van der Waals surface area contributed by atoms with Crippen LogP contribution >= 0.6 is 11.6 Å². The molecule has 5 nitrogen and oxygen atoms in total. The van der Waals surface area contributed by atoms with Crippen LogP contribution in [0.1, 0.15) is 0 Å². The molecule has 0 saturated heterocycles. The van der Waals surface area contributed by atoms with E-state index in [9.17, 15) is 4.39 Å². The summed E-state index contributed by atoms with van der Waals surface area (Å²) in [7, 11) is 3.56. The lowest BCUT2D eigenvalue weighted by molar-refractivity contribution is 0.628. The Morgan fingerprint density at radius 3 is 2.57 bits per heavy atom. The summed E-state index contributed by atoms with van der Waals surface area (Å²) in [4.78, 5) is 0. The summed E-state index contributed by atoms with van der Waals surface area (Å²) >= 11 is 6.15. The van der Waals surface area contributed by atoms with Crippen molar-refractivity contribution in [3.05, 3.63) is 41.3 Å². The number of hydrogen-bond donors (Lipinski definition) is 1. The average molecular weight is 306 g/mol. The quantitative estimate of drug-likeness (QED) is 0.792. The van der Waals surface area contributed by atoms with Gasteiger partial charge in [-0.3, -0.25) is 9.36 Å². The van der Waals surface area contributed by atoms with Crippen LogP contribution in [0.3, 0.4) is 0 Å². The van der Waals surface area contributed by atoms with Crippen LogP contribution in [0.25, 0.3) is 22.5 Å². The normalized spacial score (nSPS) is 11.0. The van der Waals surface area contributed by atoms with Gasteiger partial charge in [-0.05, 0) is 24.3 Å². The second-order valence-electron chi connectivity index (χ2n) is 4.73. The SMILES string of the molecule is Cn1ccc(-c2nn(C)c(N)c2-c2ccc(F)cc2Cl)n1. The number of nitrogens with two attached hydrogens (primary N) is 1. The van der Waals surface area contributed by atoms with Crippen molar-refractivity contribution < 1.29 is 4.39 Å². The lowest BCUT2D eigenvalue weighted by atomic mass is 10.0. The largest absolute Gasteiger partial charge is 0.383 e. The first kappa shape index (κ1) is 13.6. The summed E-state index contributed by atoms with van der Waals surface area (Å²) in [5.74, 6) is 0.0507. The van der Waals surface area contributed by atoms with Crippen molar-refractivity contribution in [2.75, 3.05) is 5.73 Å². The number of nitrogens with zero attached hydrogens (tertiary/aromatic N) is 4. The summed E-state index contributed by atoms with van der Waals surface area (Å²) in [6, 6.07) is 6.03. The summed E-state index contributed by atoms with van der Waals surface area (Å²) in [5, 5.41) is 9.02. The third-order valence-corrected chi connectivity index (χ3v) is 3.56. The summed E-state index contributed by atoms with van der Waals surface area (Å²) < 4.78 is 16.5. The zero-order valence-electron chi connectivity index (χ0n) is 11.5. The van der Waals surface area contributed by atoms with Gasteiger partial charge in [0.1, 0.15) is 23.0 Å². The van der Waals surface area contributed by atoms with E-state index in [0.29, 0.717) is 28.3 Å². The van der Waals surface area contributed by atoms with Gasteiger partial charge < -0.3 is 5.73 Å². The fourth-order valence-corrected chi connectivity index (χ4v) is 2.48. The highest BCUT2D eigenvalue weighted by molar-refractivity contribution is 6.33. The Morgan fingerprint density at radius 2 is 1.95 bits per heavy atom. The summed E-state index contributed by atoms with van der Waals surface area (Å²) in [6.07, 6.45) is 1.82. The van der Waals surface area contributed by atoms with E-state index in [-0.39, 0.29) is 5.02 Å². The van der Waals surface area contributed by atoms with E-state index in [2.05, 4.69) is 10.2 Å². The molecule has 2 N–H and O–H groups in total. The highest BCUT2D eigenvalue weighted by Gasteiger charge is 2.21. The molecule has 2 aromatic heterocycles. The smallest absolute Gasteiger partial charge is 0.130 e. The Labute approximate surface area is 125 Å². The number of aromatic nitrogens is 4. The maximum atomic E-state index is 13.2. The van der Waals surface area contributed by atoms with E-state index in [1.165, 1.54) is 12.1 Å². The topological polar surface area (TPSA) is 61.7 Å². The van der Waals surface area contributed by atoms with E-state index in [4.69, 9.17) is 17.3 Å². The Bertz CT molecular complexity index is 821. The predicted octanol–water partition coefficient (Wildman–Crippen LogP) is 2.86. The van der Waals surface area contributed by atoms with E-state index in [1.807, 2.05) is 19.3 Å². The van der Waals surface area contributed by atoms with Gasteiger partial charge in [0.2, 0.25) is 0 Å². The molecule has 0 fully saturated rings. The number of halogens is 2. The zero-order chi connectivity index (χ0) is 15.1. The fraction of sp³-hybridized carbons (Fsp3) is 0.143. The highest BCUT2D eigenvalue weighted by atomic mass is 35.5. The van der Waals surface area contributed by atoms with Crippen LogP contribution in [0.5, 0.6) is 0 Å². The number of nitrogen functional groups attached to an aromatic ring is 1. The number of benzene rings is 1. The van der Waals surface area contributed by atoms with Crippen LogP contribution < -0.4 is 5.73 Å². The van der Waals surface area contributed by atoms with E-state index < -0.39 is 5.82 Å². The number of anilines is 1. The highest BCUT2D eigenvalue weighted by Crippen LogP contribution is 2.38. The van der Waals surface area contributed by atoms with E-state index in [0.717, 1.165) is 0 Å². The van der Waals surface area contributed by atoms with Gasteiger partial charge in [-0.15, -0.1) is 0 Å². The molecule has 0 spiro atoms. The predicted molar refractivity (Wildman–Crippen MR) is 80.2 cm³/mol. The van der Waals surface area contributed by atoms with Crippen molar-refractivity contribution in [1.29, 1.82) is 0 Å². The second kappa shape index (κ2) is 4.89. The molecule has 0 unspecified atom stereocenters. The Hall–Kier alpha value is -2.34. The van der Waals surface area contributed by atoms with Crippen molar-refractivity contribution in [2.45, 2.75) is 0 Å². The first-order valence-corrected chi connectivity index (χ1v) is 6.63. The molecule has 108 valence electrons. The molecule has 2 heterocycles. The van der Waals surface area contributed by atoms with Gasteiger partial charge in [-0.2, -0.15) is 10.2 Å². The van der Waals surface area contributed by atoms with Crippen LogP contribution in [-0.4, -0.2) is 19.6 Å². The maximum Gasteiger partial charge on any atom is 0.130 e. The molecule has 0 aliphatic carbocycles. The van der Waals surface area contributed by atoms with Crippen molar-refractivity contribution in [1.82, 2.24) is 19.6 Å². The van der Waals surface area contributed by atoms with Gasteiger partial charge in [0, 0.05) is 25.9 Å². The molecule has 7 heteroatoms. The fourth-order valence-electron chi connectivity index (χ4n) is 2.22. The van der Waals surface area contributed by atoms with Crippen molar-refractivity contribution in [3.8, 4) is 22.5 Å². The second-order valence-corrected chi connectivity index (χ2v) is 5.14. The Kier molecular flexibility index (Phi) is 3.17. The van der Waals surface area contributed by atoms with Crippen molar-refractivity contribution in [2.24, 2.45) is 14.1 Å². The number of aryl methyl sites for hydroxylation is 2. The van der Waals surface area contributed by atoms with E-state index in [1.54, 1.807) is 22.5 Å². The monoisotopic (exact) mass is 305 g/mol. The molecule has 0 aliphatic heterocycles. The number of hydrogen-bond acceptors (Lipinski definition) is 3. The third-order valence-electron chi connectivity index (χ3n) is 3.25. The molecule has 0 radical (unpaired) electrons. The van der Waals surface area contributed by atoms with Crippen LogP contribution in [0, 0.1) is 5.82 Å². The van der Waals surface area contributed by atoms with Gasteiger partial charge in [0.15, 0.2) is 0 Å². The average Bonchev–Trinajstić information content (AvgIpc) is 2.96. The Balaban J connectivity index is 2.26. The lowest BCUT2D eigenvalue weighted by Crippen LogP contribution is -1.98. The lowest BCUT2D eigenvalue weighted by Gasteiger charge is -2.05. The van der Waals surface area contributed by atoms with Crippen LogP contribution in [-0.2, 0) is 14.1 Å². The third kappa shape index (κ3) is 2.27. The minimum absolute atomic E-state index is 0.284. The maximum absolute atomic E-state index is 13.2. The minimum Gasteiger partial charge on any atom is -0.383 e. The van der Waals surface area contributed by atoms with E-state index >= 15 is 0 Å². The molecule has 3 rings (SSSR count). The standard InChI is InChI=1S/C14H13ClFN5/c1-20-6-5-11(18-20)13-12(14(17)21(2)19-13)9-4-3-8(16)7-10(9)15/h3-7H,17H2,1-2H3. The van der Waals surface area contributed by atoms with Gasteiger partial charge in [0.05, 0.1) is 10.6 Å². The molecule has 3 aromatic rings. The molecule has 0 amide bonds. The van der Waals surface area contributed by atoms with Crippen molar-refractivity contribution in [3.63, 3.8) is 0 Å². The van der Waals surface area contributed by atoms with Gasteiger partial charge in [-0.25, -0.2) is 4.39 Å². The van der Waals surface area contributed by atoms with Crippen LogP contribution in [0.2, 0.25) is 5.02 Å². The summed E-state index contributed by atoms with van der Waals surface area (Å²) in [6.45, 7) is 0. The zero-order valence-corrected chi connectivity index (χ0v) is 12.3. The molecular weight excluding hydrogens is 293 g/mol. The first-order valence-electron chi connectivity index (χ1n) is 6.25. The first-order chi connectivity index (χ1) is 9.97. The molecule has 0 bridgehead atoms. The molecule has 0 aliphatic rings. The van der Waals surface area contributed by atoms with Gasteiger partial charge >= 0.3 is 0 Å². The van der Waals surface area contributed by atoms with Gasteiger partial charge in [-0.1, -0.05) is 11.6 Å². The molecule has 1 aromatic carbocycles. The molecular formula is C14H13ClFN5.